The van der Waals surface area contributed by atoms with E-state index in [1.54, 1.807) is 18.2 Å². The van der Waals surface area contributed by atoms with Gasteiger partial charge in [0.2, 0.25) is 5.91 Å². The Morgan fingerprint density at radius 1 is 1.10 bits per heavy atom. The second kappa shape index (κ2) is 10.5. The third-order valence-corrected chi connectivity index (χ3v) is 5.03. The quantitative estimate of drug-likeness (QED) is 0.558. The third-order valence-electron chi connectivity index (χ3n) is 5.03. The van der Waals surface area contributed by atoms with Crippen LogP contribution in [0.25, 0.3) is 10.9 Å². The molecule has 158 valence electrons. The van der Waals surface area contributed by atoms with Gasteiger partial charge >= 0.3 is 0 Å². The number of carbonyl (C=O) groups is 1. The summed E-state index contributed by atoms with van der Waals surface area (Å²) in [6.07, 6.45) is 1.65. The van der Waals surface area contributed by atoms with Gasteiger partial charge in [-0.3, -0.25) is 14.2 Å². The Morgan fingerprint density at radius 3 is 2.63 bits per heavy atom. The number of anilines is 1. The second-order valence-corrected chi connectivity index (χ2v) is 6.93. The van der Waals surface area contributed by atoms with Gasteiger partial charge in [-0.1, -0.05) is 38.1 Å². The highest BCUT2D eigenvalue weighted by Gasteiger charge is 2.10. The zero-order chi connectivity index (χ0) is 21.3. The Hall–Kier alpha value is -3.19. The summed E-state index contributed by atoms with van der Waals surface area (Å²) in [4.78, 5) is 31.6. The zero-order valence-electron chi connectivity index (χ0n) is 17.5. The van der Waals surface area contributed by atoms with E-state index in [0.717, 1.165) is 19.6 Å². The number of nitrogens with one attached hydrogen (secondary N) is 1. The van der Waals surface area contributed by atoms with Crippen LogP contribution in [0, 0.1) is 0 Å². The Labute approximate surface area is 176 Å². The van der Waals surface area contributed by atoms with Gasteiger partial charge < -0.3 is 15.0 Å². The van der Waals surface area contributed by atoms with Crippen molar-refractivity contribution in [2.24, 2.45) is 0 Å². The summed E-state index contributed by atoms with van der Waals surface area (Å²) in [5.41, 5.74) is 1.14. The van der Waals surface area contributed by atoms with Gasteiger partial charge in [-0.2, -0.15) is 0 Å². The SMILES string of the molecule is CCN(CC)CCOc1ccccc1NC(=O)CCn1cnc2ccccc2c1=O. The Balaban J connectivity index is 1.59. The Bertz CT molecular complexity index is 1040. The van der Waals surface area contributed by atoms with E-state index in [0.29, 0.717) is 28.9 Å². The van der Waals surface area contributed by atoms with Crippen LogP contribution in [0.15, 0.2) is 59.7 Å². The third kappa shape index (κ3) is 5.45. The molecule has 30 heavy (non-hydrogen) atoms. The van der Waals surface area contributed by atoms with Crippen LogP contribution >= 0.6 is 0 Å². The first-order valence-electron chi connectivity index (χ1n) is 10.3. The first-order chi connectivity index (χ1) is 14.6. The molecule has 0 saturated heterocycles. The molecule has 0 aliphatic heterocycles. The number of amides is 1. The molecule has 3 rings (SSSR count). The highest BCUT2D eigenvalue weighted by Crippen LogP contribution is 2.23. The molecule has 0 saturated carbocycles. The van der Waals surface area contributed by atoms with Crippen molar-refractivity contribution in [1.82, 2.24) is 14.5 Å². The summed E-state index contributed by atoms with van der Waals surface area (Å²) >= 11 is 0. The molecule has 0 radical (unpaired) electrons. The molecular weight excluding hydrogens is 380 g/mol. The normalized spacial score (nSPS) is 11.0. The lowest BCUT2D eigenvalue weighted by molar-refractivity contribution is -0.116. The van der Waals surface area contributed by atoms with Crippen molar-refractivity contribution < 1.29 is 9.53 Å². The Kier molecular flexibility index (Phi) is 7.57. The molecular formula is C23H28N4O3. The molecule has 0 fully saturated rings. The fraction of sp³-hybridized carbons (Fsp3) is 0.348. The molecule has 1 amide bonds. The molecule has 0 unspecified atom stereocenters. The van der Waals surface area contributed by atoms with Crippen molar-refractivity contribution in [3.63, 3.8) is 0 Å². The molecule has 0 aliphatic rings. The number of para-hydroxylation sites is 3. The molecule has 7 nitrogen and oxygen atoms in total. The van der Waals surface area contributed by atoms with Gasteiger partial charge in [0, 0.05) is 19.5 Å². The number of fused-ring (bicyclic) bond motifs is 1. The number of hydrogen-bond acceptors (Lipinski definition) is 5. The molecule has 1 aromatic heterocycles. The summed E-state index contributed by atoms with van der Waals surface area (Å²) in [5.74, 6) is 0.456. The molecule has 1 heterocycles. The molecule has 0 spiro atoms. The average molecular weight is 409 g/mol. The van der Waals surface area contributed by atoms with E-state index in [-0.39, 0.29) is 24.4 Å². The van der Waals surface area contributed by atoms with Gasteiger partial charge in [-0.15, -0.1) is 0 Å². The maximum atomic E-state index is 12.5. The van der Waals surface area contributed by atoms with Gasteiger partial charge in [0.25, 0.3) is 5.56 Å². The minimum Gasteiger partial charge on any atom is -0.490 e. The van der Waals surface area contributed by atoms with Crippen molar-refractivity contribution in [3.05, 3.63) is 65.2 Å². The largest absolute Gasteiger partial charge is 0.490 e. The summed E-state index contributed by atoms with van der Waals surface area (Å²) in [6, 6.07) is 14.6. The molecule has 0 aliphatic carbocycles. The molecule has 3 aromatic rings. The molecule has 7 heteroatoms. The number of rotatable bonds is 10. The summed E-state index contributed by atoms with van der Waals surface area (Å²) in [6.45, 7) is 7.82. The second-order valence-electron chi connectivity index (χ2n) is 6.93. The van der Waals surface area contributed by atoms with Gasteiger partial charge in [-0.05, 0) is 37.4 Å². The van der Waals surface area contributed by atoms with E-state index in [9.17, 15) is 9.59 Å². The van der Waals surface area contributed by atoms with Crippen LogP contribution in [0.5, 0.6) is 5.75 Å². The number of nitrogens with zero attached hydrogens (tertiary/aromatic N) is 3. The minimum absolute atomic E-state index is 0.145. The van der Waals surface area contributed by atoms with Crippen molar-refractivity contribution in [1.29, 1.82) is 0 Å². The smallest absolute Gasteiger partial charge is 0.261 e. The number of carbonyl (C=O) groups excluding carboxylic acids is 1. The number of benzene rings is 2. The zero-order valence-corrected chi connectivity index (χ0v) is 17.5. The minimum atomic E-state index is -0.185. The van der Waals surface area contributed by atoms with E-state index in [1.807, 2.05) is 30.3 Å². The molecule has 1 N–H and O–H groups in total. The van der Waals surface area contributed by atoms with Crippen LogP contribution in [-0.2, 0) is 11.3 Å². The summed E-state index contributed by atoms with van der Waals surface area (Å²) < 4.78 is 7.35. The molecule has 0 atom stereocenters. The highest BCUT2D eigenvalue weighted by atomic mass is 16.5. The van der Waals surface area contributed by atoms with E-state index in [2.05, 4.69) is 29.0 Å². The summed E-state index contributed by atoms with van der Waals surface area (Å²) in [7, 11) is 0. The fourth-order valence-electron chi connectivity index (χ4n) is 3.22. The van der Waals surface area contributed by atoms with Crippen molar-refractivity contribution in [3.8, 4) is 5.75 Å². The number of aromatic nitrogens is 2. The first-order valence-corrected chi connectivity index (χ1v) is 10.3. The maximum absolute atomic E-state index is 12.5. The van der Waals surface area contributed by atoms with Crippen LogP contribution in [0.1, 0.15) is 20.3 Å². The van der Waals surface area contributed by atoms with E-state index in [1.165, 1.54) is 10.9 Å². The van der Waals surface area contributed by atoms with E-state index < -0.39 is 0 Å². The topological polar surface area (TPSA) is 76.5 Å². The van der Waals surface area contributed by atoms with Crippen molar-refractivity contribution in [2.75, 3.05) is 31.6 Å². The van der Waals surface area contributed by atoms with Crippen LogP contribution < -0.4 is 15.6 Å². The van der Waals surface area contributed by atoms with Crippen LogP contribution in [0.2, 0.25) is 0 Å². The number of hydrogen-bond donors (Lipinski definition) is 1. The lowest BCUT2D eigenvalue weighted by Crippen LogP contribution is -2.28. The average Bonchev–Trinajstić information content (AvgIpc) is 2.77. The monoisotopic (exact) mass is 408 g/mol. The van der Waals surface area contributed by atoms with E-state index >= 15 is 0 Å². The van der Waals surface area contributed by atoms with Crippen LogP contribution in [0.3, 0.4) is 0 Å². The first kappa shape index (κ1) is 21.5. The lowest BCUT2D eigenvalue weighted by atomic mass is 10.2. The van der Waals surface area contributed by atoms with Gasteiger partial charge in [0.05, 0.1) is 22.9 Å². The predicted molar refractivity (Wildman–Crippen MR) is 119 cm³/mol. The number of ether oxygens (including phenoxy) is 1. The van der Waals surface area contributed by atoms with Crippen molar-refractivity contribution >= 4 is 22.5 Å². The number of aryl methyl sites for hydroxylation is 1. The lowest BCUT2D eigenvalue weighted by Gasteiger charge is -2.19. The van der Waals surface area contributed by atoms with Gasteiger partial charge in [0.1, 0.15) is 12.4 Å². The predicted octanol–water partition coefficient (Wildman–Crippen LogP) is 3.15. The van der Waals surface area contributed by atoms with Crippen LogP contribution in [-0.4, -0.2) is 46.6 Å². The van der Waals surface area contributed by atoms with Crippen LogP contribution in [0.4, 0.5) is 5.69 Å². The number of likely N-dealkylation sites (N-methyl/N-ethyl adjacent to an activating group) is 1. The van der Waals surface area contributed by atoms with Crippen molar-refractivity contribution in [2.45, 2.75) is 26.8 Å². The fourth-order valence-corrected chi connectivity index (χ4v) is 3.22. The molecule has 0 bridgehead atoms. The Morgan fingerprint density at radius 2 is 1.83 bits per heavy atom. The van der Waals surface area contributed by atoms with Gasteiger partial charge in [-0.25, -0.2) is 4.98 Å². The standard InChI is InChI=1S/C23H28N4O3/c1-3-26(4-2)15-16-30-21-12-8-7-11-20(21)25-22(28)13-14-27-17-24-19-10-6-5-9-18(19)23(27)29/h5-12,17H,3-4,13-16H2,1-2H3,(H,25,28). The van der Waals surface area contributed by atoms with E-state index in [4.69, 9.17) is 4.74 Å². The highest BCUT2D eigenvalue weighted by molar-refractivity contribution is 5.92. The van der Waals surface area contributed by atoms with Gasteiger partial charge in [0.15, 0.2) is 0 Å². The summed E-state index contributed by atoms with van der Waals surface area (Å²) in [5, 5.41) is 3.44. The maximum Gasteiger partial charge on any atom is 0.261 e. The molecule has 2 aromatic carbocycles.